The number of hydrogen-bond acceptors (Lipinski definition) is 8. The van der Waals surface area contributed by atoms with Crippen LogP contribution in [0.1, 0.15) is 68.2 Å². The second kappa shape index (κ2) is 11.9. The number of fused-ring (bicyclic) bond motifs is 2. The lowest BCUT2D eigenvalue weighted by Crippen LogP contribution is -2.44. The molecule has 0 saturated carbocycles. The number of anilines is 1. The first kappa shape index (κ1) is 29.4. The number of amides is 3. The monoisotopic (exact) mass is 796 g/mol. The Bertz CT molecular complexity index is 1340. The highest BCUT2D eigenvalue weighted by atomic mass is 79.9. The topological polar surface area (TPSA) is 119 Å². The van der Waals surface area contributed by atoms with Gasteiger partial charge >= 0.3 is 11.9 Å². The maximum absolute atomic E-state index is 13.1. The average Bonchev–Trinajstić information content (AvgIpc) is 3.38. The van der Waals surface area contributed by atoms with E-state index in [1.165, 1.54) is 18.3 Å². The average molecular weight is 800 g/mol. The van der Waals surface area contributed by atoms with Gasteiger partial charge in [-0.25, -0.2) is 9.59 Å². The van der Waals surface area contributed by atoms with Crippen LogP contribution in [0.5, 0.6) is 0 Å². The fourth-order valence-corrected chi connectivity index (χ4v) is 8.07. The van der Waals surface area contributed by atoms with Crippen LogP contribution in [0.4, 0.5) is 5.00 Å². The van der Waals surface area contributed by atoms with Crippen molar-refractivity contribution in [3.05, 3.63) is 45.0 Å². The minimum atomic E-state index is -1.30. The number of ether oxygens (including phenoxy) is 2. The van der Waals surface area contributed by atoms with Gasteiger partial charge in [-0.05, 0) is 109 Å². The lowest BCUT2D eigenvalue weighted by molar-refractivity contribution is -0.150. The van der Waals surface area contributed by atoms with E-state index in [-0.39, 0.29) is 17.7 Å². The van der Waals surface area contributed by atoms with Crippen LogP contribution >= 0.6 is 75.1 Å². The number of imide groups is 1. The number of aryl methyl sites for hydroxylation is 1. The number of esters is 2. The molecule has 1 aliphatic carbocycles. The molecule has 1 atom stereocenters. The van der Waals surface area contributed by atoms with E-state index in [1.807, 2.05) is 0 Å². The van der Waals surface area contributed by atoms with Crippen molar-refractivity contribution in [2.24, 2.45) is 0 Å². The van der Waals surface area contributed by atoms with Gasteiger partial charge < -0.3 is 14.8 Å². The first-order valence-electron chi connectivity index (χ1n) is 11.5. The van der Waals surface area contributed by atoms with Crippen molar-refractivity contribution in [2.75, 3.05) is 18.5 Å². The molecule has 0 radical (unpaired) electrons. The summed E-state index contributed by atoms with van der Waals surface area (Å²) in [6.45, 7) is 2.59. The van der Waals surface area contributed by atoms with Gasteiger partial charge in [0.2, 0.25) is 0 Å². The zero-order chi connectivity index (χ0) is 27.9. The van der Waals surface area contributed by atoms with Crippen molar-refractivity contribution in [2.45, 2.75) is 45.6 Å². The van der Waals surface area contributed by atoms with Crippen LogP contribution in [-0.2, 0) is 31.9 Å². The zero-order valence-electron chi connectivity index (χ0n) is 20.0. The van der Waals surface area contributed by atoms with Crippen LogP contribution in [0, 0.1) is 0 Å². The number of thiophene rings is 1. The second-order valence-corrected chi connectivity index (χ2v) is 12.7. The first-order chi connectivity index (χ1) is 18.0. The van der Waals surface area contributed by atoms with Crippen molar-refractivity contribution in [3.63, 3.8) is 0 Å². The van der Waals surface area contributed by atoms with E-state index in [2.05, 4.69) is 69.0 Å². The third-order valence-corrected chi connectivity index (χ3v) is 12.1. The van der Waals surface area contributed by atoms with E-state index in [1.54, 1.807) is 6.92 Å². The van der Waals surface area contributed by atoms with Gasteiger partial charge in [0.1, 0.15) is 11.0 Å². The van der Waals surface area contributed by atoms with Gasteiger partial charge in [-0.2, -0.15) is 0 Å². The fourth-order valence-electron chi connectivity index (χ4n) is 4.32. The number of halogens is 4. The van der Waals surface area contributed by atoms with E-state index in [0.717, 1.165) is 41.0 Å². The molecule has 14 heteroatoms. The summed E-state index contributed by atoms with van der Waals surface area (Å²) in [6.07, 6.45) is 3.48. The molecule has 0 fully saturated rings. The number of rotatable bonds is 7. The zero-order valence-corrected chi connectivity index (χ0v) is 27.2. The fraction of sp³-hybridized carbons (Fsp3) is 0.375. The molecule has 9 nitrogen and oxygen atoms in total. The molecule has 0 saturated heterocycles. The Hall–Kier alpha value is -1.61. The van der Waals surface area contributed by atoms with Crippen LogP contribution in [0.3, 0.4) is 0 Å². The third-order valence-electron chi connectivity index (χ3n) is 6.11. The van der Waals surface area contributed by atoms with Gasteiger partial charge in [-0.1, -0.05) is 0 Å². The molecule has 2 heterocycles. The predicted octanol–water partition coefficient (Wildman–Crippen LogP) is 6.02. The largest absolute Gasteiger partial charge is 0.462 e. The minimum absolute atomic E-state index is 0.0995. The Kier molecular flexibility index (Phi) is 9.17. The van der Waals surface area contributed by atoms with Gasteiger partial charge in [-0.3, -0.25) is 19.3 Å². The Morgan fingerprint density at radius 1 is 0.947 bits per heavy atom. The Labute approximate surface area is 255 Å². The standard InChI is InChI=1S/C24H20Br4N2O7S/c1-3-36-24(35)13-10-6-4-5-7-11(10)38-20(13)29-12(31)8-37-23(34)9(2)30-21(32)14-15(22(30)33)17(26)19(28)18(27)16(14)25/h9H,3-8H2,1-2H3,(H,29,31)/t9-/m0/s1. The van der Waals surface area contributed by atoms with Gasteiger partial charge in [-0.15, -0.1) is 11.3 Å². The molecule has 0 unspecified atom stereocenters. The van der Waals surface area contributed by atoms with Crippen LogP contribution in [0.15, 0.2) is 17.9 Å². The normalized spacial score (nSPS) is 15.2. The molecular formula is C24H20Br4N2O7S. The summed E-state index contributed by atoms with van der Waals surface area (Å²) in [4.78, 5) is 66.1. The maximum atomic E-state index is 13.1. The molecular weight excluding hydrogens is 780 g/mol. The summed E-state index contributed by atoms with van der Waals surface area (Å²) in [7, 11) is 0. The highest BCUT2D eigenvalue weighted by Gasteiger charge is 2.45. The molecule has 2 aliphatic rings. The summed E-state index contributed by atoms with van der Waals surface area (Å²) >= 11 is 14.7. The third kappa shape index (κ3) is 5.26. The second-order valence-electron chi connectivity index (χ2n) is 8.45. The number of hydrogen-bond donors (Lipinski definition) is 1. The Morgan fingerprint density at radius 3 is 2.11 bits per heavy atom. The van der Waals surface area contributed by atoms with Crippen molar-refractivity contribution in [1.82, 2.24) is 4.90 Å². The predicted molar refractivity (Wildman–Crippen MR) is 154 cm³/mol. The van der Waals surface area contributed by atoms with Gasteiger partial charge in [0, 0.05) is 22.8 Å². The van der Waals surface area contributed by atoms with Gasteiger partial charge in [0.15, 0.2) is 6.61 Å². The molecule has 0 spiro atoms. The van der Waals surface area contributed by atoms with Gasteiger partial charge in [0.25, 0.3) is 17.7 Å². The SMILES string of the molecule is CCOC(=O)c1c(NC(=O)COC(=O)[C@H](C)N2C(=O)c3c(Br)c(Br)c(Br)c(Br)c3C2=O)sc2c1CCCC2. The number of nitrogens with one attached hydrogen (secondary N) is 1. The number of benzene rings is 1. The summed E-state index contributed by atoms with van der Waals surface area (Å²) in [5, 5.41) is 3.02. The van der Waals surface area contributed by atoms with Crippen molar-refractivity contribution in [1.29, 1.82) is 0 Å². The molecule has 1 aromatic carbocycles. The van der Waals surface area contributed by atoms with Crippen molar-refractivity contribution < 1.29 is 33.4 Å². The van der Waals surface area contributed by atoms with E-state index < -0.39 is 42.3 Å². The molecule has 38 heavy (non-hydrogen) atoms. The van der Waals surface area contributed by atoms with Crippen LogP contribution in [0.25, 0.3) is 0 Å². The van der Waals surface area contributed by atoms with E-state index in [4.69, 9.17) is 9.47 Å². The Morgan fingerprint density at radius 2 is 1.53 bits per heavy atom. The molecule has 202 valence electrons. The Balaban J connectivity index is 1.46. The lowest BCUT2D eigenvalue weighted by Gasteiger charge is -2.20. The van der Waals surface area contributed by atoms with Crippen LogP contribution < -0.4 is 5.32 Å². The van der Waals surface area contributed by atoms with E-state index in [9.17, 15) is 24.0 Å². The number of carbonyl (C=O) groups excluding carboxylic acids is 5. The number of carbonyl (C=O) groups is 5. The molecule has 1 aliphatic heterocycles. The summed E-state index contributed by atoms with van der Waals surface area (Å²) in [5.74, 6) is -3.45. The molecule has 1 N–H and O–H groups in total. The van der Waals surface area contributed by atoms with E-state index in [0.29, 0.717) is 28.5 Å². The summed E-state index contributed by atoms with van der Waals surface area (Å²) < 4.78 is 12.1. The highest BCUT2D eigenvalue weighted by molar-refractivity contribution is 9.15. The summed E-state index contributed by atoms with van der Waals surface area (Å²) in [6, 6.07) is -1.30. The molecule has 1 aromatic heterocycles. The van der Waals surface area contributed by atoms with Crippen LogP contribution in [-0.4, -0.2) is 53.8 Å². The smallest absolute Gasteiger partial charge is 0.341 e. The van der Waals surface area contributed by atoms with Crippen molar-refractivity contribution in [3.8, 4) is 0 Å². The maximum Gasteiger partial charge on any atom is 0.341 e. The van der Waals surface area contributed by atoms with Crippen molar-refractivity contribution >= 4 is 110 Å². The van der Waals surface area contributed by atoms with E-state index >= 15 is 0 Å². The molecule has 3 amide bonds. The lowest BCUT2D eigenvalue weighted by atomic mass is 9.95. The first-order valence-corrected chi connectivity index (χ1v) is 15.5. The quantitative estimate of drug-likeness (QED) is 0.158. The molecule has 2 aromatic rings. The summed E-state index contributed by atoms with van der Waals surface area (Å²) in [5.41, 5.74) is 1.44. The van der Waals surface area contributed by atoms with Gasteiger partial charge in [0.05, 0.1) is 23.3 Å². The molecule has 0 bridgehead atoms. The number of nitrogens with zero attached hydrogens (tertiary/aromatic N) is 1. The molecule has 4 rings (SSSR count). The minimum Gasteiger partial charge on any atom is -0.462 e. The highest BCUT2D eigenvalue weighted by Crippen LogP contribution is 2.45. The van der Waals surface area contributed by atoms with Crippen LogP contribution in [0.2, 0.25) is 0 Å².